The smallest absolute Gasteiger partial charge is 0.145 e. The average molecular weight is 709 g/mol. The summed E-state index contributed by atoms with van der Waals surface area (Å²) in [6.07, 6.45) is 2.01. The Morgan fingerprint density at radius 1 is 0.564 bits per heavy atom. The zero-order valence-electron chi connectivity index (χ0n) is 31.3. The van der Waals surface area contributed by atoms with Crippen LogP contribution in [0.15, 0.2) is 168 Å². The van der Waals surface area contributed by atoms with Crippen molar-refractivity contribution >= 4 is 71.6 Å². The molecule has 2 aromatic heterocycles. The fourth-order valence-corrected chi connectivity index (χ4v) is 9.86. The van der Waals surface area contributed by atoms with Gasteiger partial charge < -0.3 is 13.9 Å². The van der Waals surface area contributed by atoms with Crippen LogP contribution in [0.2, 0.25) is 0 Å². The van der Waals surface area contributed by atoms with Gasteiger partial charge in [-0.15, -0.1) is 0 Å². The second-order valence-electron chi connectivity index (χ2n) is 15.2. The number of hydrogen-bond donors (Lipinski definition) is 0. The van der Waals surface area contributed by atoms with Crippen molar-refractivity contribution in [2.45, 2.75) is 39.0 Å². The molecule has 0 atom stereocenters. The number of furan rings is 1. The monoisotopic (exact) mass is 708 g/mol. The van der Waals surface area contributed by atoms with Crippen LogP contribution in [0.25, 0.3) is 71.3 Å². The molecular weight excluding hydrogens is 669 g/mol. The largest absolute Gasteiger partial charge is 0.455 e. The van der Waals surface area contributed by atoms with Crippen LogP contribution in [-0.4, -0.2) is 4.57 Å². The lowest BCUT2D eigenvalue weighted by atomic mass is 9.73. The molecule has 0 radical (unpaired) electrons. The van der Waals surface area contributed by atoms with Crippen molar-refractivity contribution in [3.8, 4) is 16.8 Å². The van der Waals surface area contributed by atoms with Crippen molar-refractivity contribution < 1.29 is 4.42 Å². The maximum atomic E-state index is 7.00. The Hall–Kier alpha value is -6.58. The van der Waals surface area contributed by atoms with E-state index in [-0.39, 0.29) is 5.41 Å². The van der Waals surface area contributed by atoms with Gasteiger partial charge in [-0.05, 0) is 96.4 Å². The third-order valence-corrected chi connectivity index (χ3v) is 12.5. The summed E-state index contributed by atoms with van der Waals surface area (Å²) in [6, 6.07) is 60.2. The molecule has 8 aromatic carbocycles. The lowest BCUT2D eigenvalue weighted by Crippen LogP contribution is -2.23. The summed E-state index contributed by atoms with van der Waals surface area (Å²) in [6.45, 7) is 6.85. The zero-order valence-corrected chi connectivity index (χ0v) is 31.3. The number of anilines is 3. The van der Waals surface area contributed by atoms with Gasteiger partial charge in [-0.25, -0.2) is 0 Å². The number of hydrogen-bond acceptors (Lipinski definition) is 2. The third kappa shape index (κ3) is 4.44. The predicted octanol–water partition coefficient (Wildman–Crippen LogP) is 14.7. The number of aromatic nitrogens is 1. The van der Waals surface area contributed by atoms with Gasteiger partial charge in [0.2, 0.25) is 0 Å². The third-order valence-electron chi connectivity index (χ3n) is 12.5. The first-order valence-electron chi connectivity index (χ1n) is 19.6. The van der Waals surface area contributed by atoms with E-state index in [0.717, 1.165) is 51.8 Å². The van der Waals surface area contributed by atoms with E-state index < -0.39 is 0 Å². The maximum Gasteiger partial charge on any atom is 0.145 e. The Labute approximate surface area is 320 Å². The first kappa shape index (κ1) is 31.9. The van der Waals surface area contributed by atoms with Crippen LogP contribution in [0, 0.1) is 6.92 Å². The van der Waals surface area contributed by atoms with Crippen LogP contribution in [-0.2, 0) is 5.41 Å². The first-order chi connectivity index (χ1) is 27.1. The van der Waals surface area contributed by atoms with Gasteiger partial charge in [-0.2, -0.15) is 0 Å². The number of para-hydroxylation sites is 2. The number of fused-ring (bicyclic) bond motifs is 11. The van der Waals surface area contributed by atoms with Gasteiger partial charge in [0.15, 0.2) is 0 Å². The summed E-state index contributed by atoms with van der Waals surface area (Å²) in [4.78, 5) is 2.48. The van der Waals surface area contributed by atoms with Gasteiger partial charge in [0.25, 0.3) is 0 Å². The van der Waals surface area contributed by atoms with E-state index >= 15 is 0 Å². The van der Waals surface area contributed by atoms with Crippen LogP contribution < -0.4 is 4.90 Å². The Morgan fingerprint density at radius 2 is 1.24 bits per heavy atom. The number of benzene rings is 8. The van der Waals surface area contributed by atoms with Crippen LogP contribution in [0.1, 0.15) is 43.4 Å². The van der Waals surface area contributed by atoms with E-state index in [2.05, 4.69) is 194 Å². The summed E-state index contributed by atoms with van der Waals surface area (Å²) in [5.41, 5.74) is 15.2. The SMILES string of the molecule is CCC1(CC)c2ccccc2-c2c1cc(N(c1ccc(C)cc1)c1ccc3c(c1)c1ccccc1n3-c1cccc3ccccc13)c1c2oc2ccccc21. The highest BCUT2D eigenvalue weighted by Gasteiger charge is 2.43. The van der Waals surface area contributed by atoms with E-state index in [4.69, 9.17) is 4.42 Å². The Bertz CT molecular complexity index is 3130. The normalized spacial score (nSPS) is 13.3. The molecule has 0 N–H and O–H groups in total. The van der Waals surface area contributed by atoms with E-state index in [1.807, 2.05) is 0 Å². The van der Waals surface area contributed by atoms with Gasteiger partial charge in [0.05, 0.1) is 27.8 Å². The van der Waals surface area contributed by atoms with Gasteiger partial charge in [0.1, 0.15) is 11.2 Å². The van der Waals surface area contributed by atoms with Crippen molar-refractivity contribution in [3.05, 3.63) is 180 Å². The molecule has 0 amide bonds. The average Bonchev–Trinajstić information content (AvgIpc) is 3.88. The highest BCUT2D eigenvalue weighted by molar-refractivity contribution is 6.19. The molecule has 3 nitrogen and oxygen atoms in total. The zero-order chi connectivity index (χ0) is 36.8. The fraction of sp³-hybridized carbons (Fsp3) is 0.115. The number of aryl methyl sites for hydroxylation is 1. The molecule has 2 heterocycles. The van der Waals surface area contributed by atoms with Gasteiger partial charge in [0, 0.05) is 43.9 Å². The molecular formula is C52H40N2O. The molecule has 264 valence electrons. The summed E-state index contributed by atoms with van der Waals surface area (Å²) >= 11 is 0. The standard InChI is InChI=1S/C52H40N2O/c1-4-52(5-2)42-21-11-8-19-39(42)49-43(52)32-47(50-40-20-10-13-24-48(40)55-51(49)50)53(35-27-25-33(3)26-28-35)36-29-30-46-41(31-36)38-18-9-12-22-45(38)54(46)44-23-14-16-34-15-6-7-17-37(34)44/h6-32H,4-5H2,1-3H3. The lowest BCUT2D eigenvalue weighted by Gasteiger charge is -2.32. The minimum absolute atomic E-state index is 0.122. The van der Waals surface area contributed by atoms with Crippen LogP contribution in [0.4, 0.5) is 17.1 Å². The highest BCUT2D eigenvalue weighted by atomic mass is 16.3. The number of nitrogens with zero attached hydrogens (tertiary/aromatic N) is 2. The molecule has 55 heavy (non-hydrogen) atoms. The van der Waals surface area contributed by atoms with Crippen molar-refractivity contribution in [2.75, 3.05) is 4.90 Å². The van der Waals surface area contributed by atoms with Crippen LogP contribution in [0.5, 0.6) is 0 Å². The molecule has 0 aliphatic heterocycles. The summed E-state index contributed by atoms with van der Waals surface area (Å²) in [5.74, 6) is 0. The van der Waals surface area contributed by atoms with Crippen LogP contribution in [0.3, 0.4) is 0 Å². The first-order valence-corrected chi connectivity index (χ1v) is 19.6. The molecule has 3 heteroatoms. The minimum Gasteiger partial charge on any atom is -0.455 e. The molecule has 0 unspecified atom stereocenters. The molecule has 11 rings (SSSR count). The van der Waals surface area contributed by atoms with Crippen molar-refractivity contribution in [1.82, 2.24) is 4.57 Å². The number of rotatable bonds is 6. The minimum atomic E-state index is -0.122. The Morgan fingerprint density at radius 3 is 2.07 bits per heavy atom. The summed E-state index contributed by atoms with van der Waals surface area (Å²) < 4.78 is 9.44. The second-order valence-corrected chi connectivity index (χ2v) is 15.2. The highest BCUT2D eigenvalue weighted by Crippen LogP contribution is 2.58. The summed E-state index contributed by atoms with van der Waals surface area (Å²) in [7, 11) is 0. The molecule has 0 saturated carbocycles. The predicted molar refractivity (Wildman–Crippen MR) is 232 cm³/mol. The van der Waals surface area contributed by atoms with Crippen LogP contribution >= 0.6 is 0 Å². The summed E-state index contributed by atoms with van der Waals surface area (Å²) in [5, 5.41) is 7.20. The van der Waals surface area contributed by atoms with Crippen molar-refractivity contribution in [1.29, 1.82) is 0 Å². The fourth-order valence-electron chi connectivity index (χ4n) is 9.86. The van der Waals surface area contributed by atoms with Crippen molar-refractivity contribution in [2.24, 2.45) is 0 Å². The molecule has 0 bridgehead atoms. The van der Waals surface area contributed by atoms with E-state index in [1.54, 1.807) is 0 Å². The molecule has 1 aliphatic rings. The lowest BCUT2D eigenvalue weighted by molar-refractivity contribution is 0.490. The second kappa shape index (κ2) is 12.0. The quantitative estimate of drug-likeness (QED) is 0.171. The van der Waals surface area contributed by atoms with Gasteiger partial charge >= 0.3 is 0 Å². The maximum absolute atomic E-state index is 7.00. The molecule has 0 saturated heterocycles. The van der Waals surface area contributed by atoms with E-state index in [1.165, 1.54) is 66.1 Å². The Balaban J connectivity index is 1.24. The van der Waals surface area contributed by atoms with E-state index in [9.17, 15) is 0 Å². The molecule has 0 spiro atoms. The molecule has 1 aliphatic carbocycles. The Kier molecular flexibility index (Phi) is 6.94. The molecule has 10 aromatic rings. The van der Waals surface area contributed by atoms with E-state index in [0.29, 0.717) is 0 Å². The van der Waals surface area contributed by atoms with Gasteiger partial charge in [-0.3, -0.25) is 0 Å². The molecule has 0 fully saturated rings. The topological polar surface area (TPSA) is 21.3 Å². The van der Waals surface area contributed by atoms with Gasteiger partial charge in [-0.1, -0.05) is 129 Å². The van der Waals surface area contributed by atoms with Crippen molar-refractivity contribution in [3.63, 3.8) is 0 Å².